The Bertz CT molecular complexity index is 1270. The highest BCUT2D eigenvalue weighted by Gasteiger charge is 2.16. The van der Waals surface area contributed by atoms with Gasteiger partial charge in [-0.05, 0) is 61.5 Å². The summed E-state index contributed by atoms with van der Waals surface area (Å²) in [7, 11) is 4.72. The number of hydrogen-bond acceptors (Lipinski definition) is 7. The third-order valence-corrected chi connectivity index (χ3v) is 5.59. The zero-order valence-electron chi connectivity index (χ0n) is 17.6. The van der Waals surface area contributed by atoms with E-state index in [-0.39, 0.29) is 5.78 Å². The fourth-order valence-electron chi connectivity index (χ4n) is 3.21. The van der Waals surface area contributed by atoms with Crippen LogP contribution in [0.2, 0.25) is 0 Å². The Hall–Kier alpha value is -3.65. The summed E-state index contributed by atoms with van der Waals surface area (Å²) in [4.78, 5) is 18.3. The maximum absolute atomic E-state index is 12.8. The van der Waals surface area contributed by atoms with Gasteiger partial charge in [-0.25, -0.2) is 9.50 Å². The summed E-state index contributed by atoms with van der Waals surface area (Å²) in [5.41, 5.74) is 2.89. The normalized spacial score (nSPS) is 11.2. The molecule has 0 radical (unpaired) electrons. The van der Waals surface area contributed by atoms with Crippen molar-refractivity contribution >= 4 is 28.2 Å². The van der Waals surface area contributed by atoms with Gasteiger partial charge in [0.05, 0.1) is 32.7 Å². The van der Waals surface area contributed by atoms with Gasteiger partial charge in [-0.2, -0.15) is 5.10 Å². The molecule has 0 atom stereocenters. The maximum Gasteiger partial charge on any atom is 0.213 e. The molecule has 0 spiro atoms. The average molecular weight is 436 g/mol. The van der Waals surface area contributed by atoms with E-state index in [2.05, 4.69) is 5.10 Å². The lowest BCUT2D eigenvalue weighted by atomic mass is 10.1. The molecule has 2 aromatic carbocycles. The van der Waals surface area contributed by atoms with Gasteiger partial charge >= 0.3 is 0 Å². The number of ether oxygens (including phenoxy) is 3. The average Bonchev–Trinajstić information content (AvgIpc) is 3.32. The topological polar surface area (TPSA) is 75.0 Å². The number of rotatable bonds is 7. The molecule has 4 rings (SSSR count). The number of methoxy groups -OCH3 is 3. The van der Waals surface area contributed by atoms with E-state index >= 15 is 0 Å². The van der Waals surface area contributed by atoms with Crippen LogP contribution in [-0.4, -0.2) is 41.7 Å². The molecule has 0 saturated heterocycles. The van der Waals surface area contributed by atoms with Gasteiger partial charge in [-0.15, -0.1) is 0 Å². The van der Waals surface area contributed by atoms with Gasteiger partial charge in [0.15, 0.2) is 17.3 Å². The van der Waals surface area contributed by atoms with Crippen molar-refractivity contribution in [3.05, 3.63) is 64.8 Å². The Morgan fingerprint density at radius 3 is 2.42 bits per heavy atom. The molecule has 2 aromatic heterocycles. The molecular formula is C23H21N3O4S. The summed E-state index contributed by atoms with van der Waals surface area (Å²) >= 11 is 1.50. The van der Waals surface area contributed by atoms with Gasteiger partial charge in [0.25, 0.3) is 0 Å². The first kappa shape index (κ1) is 20.6. The largest absolute Gasteiger partial charge is 0.497 e. The number of fused-ring (bicyclic) bond motifs is 1. The van der Waals surface area contributed by atoms with Gasteiger partial charge in [0, 0.05) is 11.1 Å². The Kier molecular flexibility index (Phi) is 5.73. The molecule has 31 heavy (non-hydrogen) atoms. The van der Waals surface area contributed by atoms with Crippen molar-refractivity contribution in [1.29, 1.82) is 0 Å². The second kappa shape index (κ2) is 8.61. The molecule has 0 unspecified atom stereocenters. The van der Waals surface area contributed by atoms with E-state index in [4.69, 9.17) is 19.2 Å². The first-order chi connectivity index (χ1) is 15.0. The van der Waals surface area contributed by atoms with Gasteiger partial charge in [0.1, 0.15) is 10.8 Å². The minimum atomic E-state index is -0.163. The Labute approximate surface area is 183 Å². The van der Waals surface area contributed by atoms with Crippen LogP contribution in [0.3, 0.4) is 0 Å². The number of allylic oxidation sites excluding steroid dienone is 1. The molecule has 0 saturated carbocycles. The maximum atomic E-state index is 12.8. The third-order valence-electron chi connectivity index (χ3n) is 4.76. The molecule has 0 fully saturated rings. The lowest BCUT2D eigenvalue weighted by Crippen LogP contribution is -1.98. The minimum Gasteiger partial charge on any atom is -0.497 e. The molecule has 0 aliphatic carbocycles. The Morgan fingerprint density at radius 2 is 1.74 bits per heavy atom. The Balaban J connectivity index is 1.73. The monoisotopic (exact) mass is 435 g/mol. The molecule has 4 aromatic rings. The summed E-state index contributed by atoms with van der Waals surface area (Å²) in [6, 6.07) is 12.7. The molecule has 158 valence electrons. The molecule has 0 aliphatic rings. The van der Waals surface area contributed by atoms with E-state index in [9.17, 15) is 4.79 Å². The number of ketones is 1. The van der Waals surface area contributed by atoms with Crippen LogP contribution < -0.4 is 14.2 Å². The Morgan fingerprint density at radius 1 is 1.00 bits per heavy atom. The summed E-state index contributed by atoms with van der Waals surface area (Å²) in [5, 5.41) is 5.44. The van der Waals surface area contributed by atoms with Crippen molar-refractivity contribution in [3.8, 4) is 28.5 Å². The first-order valence-corrected chi connectivity index (χ1v) is 10.3. The molecule has 0 amide bonds. The fraction of sp³-hybridized carbons (Fsp3) is 0.174. The van der Waals surface area contributed by atoms with Crippen molar-refractivity contribution in [2.45, 2.75) is 6.92 Å². The van der Waals surface area contributed by atoms with Crippen molar-refractivity contribution in [1.82, 2.24) is 14.6 Å². The molecule has 0 bridgehead atoms. The van der Waals surface area contributed by atoms with Crippen LogP contribution >= 0.6 is 11.3 Å². The van der Waals surface area contributed by atoms with Crippen molar-refractivity contribution in [2.75, 3.05) is 21.3 Å². The van der Waals surface area contributed by atoms with Gasteiger partial charge in [0.2, 0.25) is 4.96 Å². The number of carbonyl (C=O) groups is 1. The number of aryl methyl sites for hydroxylation is 1. The molecule has 0 N–H and O–H groups in total. The summed E-state index contributed by atoms with van der Waals surface area (Å²) < 4.78 is 17.5. The molecule has 0 aliphatic heterocycles. The molecule has 2 heterocycles. The SMILES string of the molecule is COc1ccc(-c2nc3sc(C)nn3c2/C=C/C(=O)c2ccc(OC)c(OC)c2)cc1. The summed E-state index contributed by atoms with van der Waals surface area (Å²) in [5.74, 6) is 1.67. The van der Waals surface area contributed by atoms with Crippen LogP contribution in [0.4, 0.5) is 0 Å². The lowest BCUT2D eigenvalue weighted by Gasteiger charge is -2.08. The van der Waals surface area contributed by atoms with E-state index in [1.165, 1.54) is 24.5 Å². The predicted octanol–water partition coefficient (Wildman–Crippen LogP) is 4.69. The molecular weight excluding hydrogens is 414 g/mol. The number of benzene rings is 2. The number of carbonyl (C=O) groups excluding carboxylic acids is 1. The van der Waals surface area contributed by atoms with Crippen LogP contribution in [0.25, 0.3) is 22.3 Å². The van der Waals surface area contributed by atoms with Crippen LogP contribution in [0.1, 0.15) is 21.1 Å². The zero-order valence-corrected chi connectivity index (χ0v) is 18.4. The second-order valence-electron chi connectivity index (χ2n) is 6.66. The highest BCUT2D eigenvalue weighted by molar-refractivity contribution is 7.16. The zero-order chi connectivity index (χ0) is 22.0. The van der Waals surface area contributed by atoms with Crippen LogP contribution in [0.15, 0.2) is 48.5 Å². The molecule has 8 heteroatoms. The van der Waals surface area contributed by atoms with Gasteiger partial charge < -0.3 is 14.2 Å². The van der Waals surface area contributed by atoms with Crippen molar-refractivity contribution < 1.29 is 19.0 Å². The molecule has 7 nitrogen and oxygen atoms in total. The van der Waals surface area contributed by atoms with E-state index in [1.54, 1.807) is 43.0 Å². The van der Waals surface area contributed by atoms with E-state index in [0.717, 1.165) is 32.7 Å². The lowest BCUT2D eigenvalue weighted by molar-refractivity contribution is 0.104. The standard InChI is InChI=1S/C23H21N3O4S/c1-14-25-26-18(10-11-19(27)16-7-12-20(29-3)21(13-16)30-4)22(24-23(26)31-14)15-5-8-17(28-2)9-6-15/h5-13H,1-4H3/b11-10+. The second-order valence-corrected chi connectivity index (χ2v) is 7.82. The smallest absolute Gasteiger partial charge is 0.213 e. The fourth-order valence-corrected chi connectivity index (χ4v) is 3.96. The number of imidazole rings is 1. The van der Waals surface area contributed by atoms with Crippen LogP contribution in [-0.2, 0) is 0 Å². The van der Waals surface area contributed by atoms with E-state index in [1.807, 2.05) is 31.2 Å². The van der Waals surface area contributed by atoms with E-state index in [0.29, 0.717) is 17.1 Å². The van der Waals surface area contributed by atoms with E-state index < -0.39 is 0 Å². The number of aromatic nitrogens is 3. The van der Waals surface area contributed by atoms with Crippen molar-refractivity contribution in [2.24, 2.45) is 0 Å². The van der Waals surface area contributed by atoms with Crippen LogP contribution in [0.5, 0.6) is 17.2 Å². The minimum absolute atomic E-state index is 0.163. The quantitative estimate of drug-likeness (QED) is 0.310. The van der Waals surface area contributed by atoms with Crippen LogP contribution in [0, 0.1) is 6.92 Å². The number of hydrogen-bond donors (Lipinski definition) is 0. The highest BCUT2D eigenvalue weighted by Crippen LogP contribution is 2.30. The van der Waals surface area contributed by atoms with Gasteiger partial charge in [-0.1, -0.05) is 11.3 Å². The predicted molar refractivity (Wildman–Crippen MR) is 120 cm³/mol. The number of nitrogens with zero attached hydrogens (tertiary/aromatic N) is 3. The van der Waals surface area contributed by atoms with Crippen molar-refractivity contribution in [3.63, 3.8) is 0 Å². The summed E-state index contributed by atoms with van der Waals surface area (Å²) in [6.45, 7) is 1.93. The highest BCUT2D eigenvalue weighted by atomic mass is 32.1. The first-order valence-electron chi connectivity index (χ1n) is 9.49. The van der Waals surface area contributed by atoms with Gasteiger partial charge in [-0.3, -0.25) is 4.79 Å². The third kappa shape index (κ3) is 4.02. The summed E-state index contributed by atoms with van der Waals surface area (Å²) in [6.07, 6.45) is 3.27.